The monoisotopic (exact) mass is 342 g/mol. The van der Waals surface area contributed by atoms with Crippen LogP contribution in [-0.2, 0) is 0 Å². The lowest BCUT2D eigenvalue weighted by Crippen LogP contribution is -2.30. The number of nitrogens with one attached hydrogen (secondary N) is 1. The molecule has 2 aromatic carbocycles. The first-order valence-corrected chi connectivity index (χ1v) is 8.29. The van der Waals surface area contributed by atoms with E-state index in [1.807, 2.05) is 51.0 Å². The van der Waals surface area contributed by atoms with Crippen LogP contribution in [0.15, 0.2) is 42.5 Å². The number of nitrogens with zero attached hydrogens (tertiary/aromatic N) is 1. The fourth-order valence-electron chi connectivity index (χ4n) is 2.48. The molecular weight excluding hydrogens is 316 g/mol. The Hall–Kier alpha value is -2.37. The van der Waals surface area contributed by atoms with E-state index in [0.29, 0.717) is 23.5 Å². The van der Waals surface area contributed by atoms with E-state index in [1.165, 1.54) is 0 Å². The molecule has 1 amide bonds. The van der Waals surface area contributed by atoms with Gasteiger partial charge in [-0.05, 0) is 63.8 Å². The third kappa shape index (κ3) is 5.89. The number of aliphatic hydroxyl groups is 1. The minimum Gasteiger partial charge on any atom is -0.491 e. The third-order valence-corrected chi connectivity index (χ3v) is 3.77. The predicted octanol–water partition coefficient (Wildman–Crippen LogP) is 2.86. The number of amides is 1. The summed E-state index contributed by atoms with van der Waals surface area (Å²) in [6, 6.07) is 13.0. The summed E-state index contributed by atoms with van der Waals surface area (Å²) in [5, 5.41) is 12.7. The van der Waals surface area contributed by atoms with Gasteiger partial charge in [0.15, 0.2) is 0 Å². The van der Waals surface area contributed by atoms with Gasteiger partial charge in [-0.25, -0.2) is 0 Å². The minimum atomic E-state index is -0.543. The summed E-state index contributed by atoms with van der Waals surface area (Å²) in [6.45, 7) is 4.66. The Morgan fingerprint density at radius 3 is 2.48 bits per heavy atom. The molecule has 0 saturated carbocycles. The van der Waals surface area contributed by atoms with Crippen molar-refractivity contribution < 1.29 is 14.6 Å². The standard InChI is InChI=1S/C20H26N2O3/c1-14-5-6-15(2)19(11-14)20(24)21-16-7-9-18(10-8-16)25-13-17(23)12-22(3)4/h5-11,17,23H,12-13H2,1-4H3,(H,21,24)/t17-/m1/s1. The lowest BCUT2D eigenvalue weighted by molar-refractivity contribution is 0.0831. The SMILES string of the molecule is Cc1ccc(C)c(C(=O)Nc2ccc(OC[C@H](O)CN(C)C)cc2)c1. The van der Waals surface area contributed by atoms with Crippen LogP contribution in [0.5, 0.6) is 5.75 Å². The van der Waals surface area contributed by atoms with Gasteiger partial charge in [0.05, 0.1) is 0 Å². The zero-order valence-corrected chi connectivity index (χ0v) is 15.2. The Bertz CT molecular complexity index is 711. The van der Waals surface area contributed by atoms with Gasteiger partial charge in [0, 0.05) is 17.8 Å². The highest BCUT2D eigenvalue weighted by Crippen LogP contribution is 2.18. The summed E-state index contributed by atoms with van der Waals surface area (Å²) in [6.07, 6.45) is -0.543. The van der Waals surface area contributed by atoms with Crippen LogP contribution >= 0.6 is 0 Å². The van der Waals surface area contributed by atoms with Crippen LogP contribution in [0.4, 0.5) is 5.69 Å². The van der Waals surface area contributed by atoms with Crippen LogP contribution in [0, 0.1) is 13.8 Å². The van der Waals surface area contributed by atoms with Gasteiger partial charge in [-0.2, -0.15) is 0 Å². The highest BCUT2D eigenvalue weighted by molar-refractivity contribution is 6.05. The molecule has 25 heavy (non-hydrogen) atoms. The van der Waals surface area contributed by atoms with E-state index in [4.69, 9.17) is 4.74 Å². The van der Waals surface area contributed by atoms with Gasteiger partial charge in [-0.3, -0.25) is 4.79 Å². The average Bonchev–Trinajstić information content (AvgIpc) is 2.55. The number of ether oxygens (including phenoxy) is 1. The molecule has 0 radical (unpaired) electrons. The first-order chi connectivity index (χ1) is 11.8. The second-order valence-electron chi connectivity index (χ2n) is 6.52. The fourth-order valence-corrected chi connectivity index (χ4v) is 2.48. The van der Waals surface area contributed by atoms with E-state index in [1.54, 1.807) is 24.3 Å². The van der Waals surface area contributed by atoms with Crippen molar-refractivity contribution in [2.75, 3.05) is 32.6 Å². The van der Waals surface area contributed by atoms with Crippen molar-refractivity contribution in [3.63, 3.8) is 0 Å². The van der Waals surface area contributed by atoms with E-state index >= 15 is 0 Å². The van der Waals surface area contributed by atoms with Crippen LogP contribution in [0.1, 0.15) is 21.5 Å². The molecule has 0 aliphatic heterocycles. The van der Waals surface area contributed by atoms with Crippen molar-refractivity contribution in [3.8, 4) is 5.75 Å². The number of aryl methyl sites for hydroxylation is 2. The van der Waals surface area contributed by atoms with Crippen LogP contribution in [0.25, 0.3) is 0 Å². The Kier molecular flexibility index (Phi) is 6.56. The maximum Gasteiger partial charge on any atom is 0.255 e. The molecule has 5 nitrogen and oxygen atoms in total. The first kappa shape index (κ1) is 19.0. The smallest absolute Gasteiger partial charge is 0.255 e. The van der Waals surface area contributed by atoms with Crippen molar-refractivity contribution in [2.24, 2.45) is 0 Å². The predicted molar refractivity (Wildman–Crippen MR) is 100 cm³/mol. The Morgan fingerprint density at radius 1 is 1.16 bits per heavy atom. The second kappa shape index (κ2) is 8.65. The highest BCUT2D eigenvalue weighted by atomic mass is 16.5. The maximum atomic E-state index is 12.4. The van der Waals surface area contributed by atoms with Gasteiger partial charge in [0.25, 0.3) is 5.91 Å². The van der Waals surface area contributed by atoms with Gasteiger partial charge in [0.2, 0.25) is 0 Å². The number of rotatable bonds is 7. The molecule has 0 saturated heterocycles. The van der Waals surface area contributed by atoms with Gasteiger partial charge in [-0.15, -0.1) is 0 Å². The van der Waals surface area contributed by atoms with Crippen LogP contribution in [0.3, 0.4) is 0 Å². The topological polar surface area (TPSA) is 61.8 Å². The fraction of sp³-hybridized carbons (Fsp3) is 0.350. The van der Waals surface area contributed by atoms with Crippen LogP contribution in [0.2, 0.25) is 0 Å². The highest BCUT2D eigenvalue weighted by Gasteiger charge is 2.10. The van der Waals surface area contributed by atoms with E-state index in [9.17, 15) is 9.90 Å². The molecule has 0 bridgehead atoms. The number of hydrogen-bond donors (Lipinski definition) is 2. The van der Waals surface area contributed by atoms with E-state index in [2.05, 4.69) is 5.32 Å². The molecule has 5 heteroatoms. The number of hydrogen-bond acceptors (Lipinski definition) is 4. The summed E-state index contributed by atoms with van der Waals surface area (Å²) in [7, 11) is 3.80. The first-order valence-electron chi connectivity index (χ1n) is 8.29. The summed E-state index contributed by atoms with van der Waals surface area (Å²) < 4.78 is 5.56. The lowest BCUT2D eigenvalue weighted by Gasteiger charge is -2.16. The van der Waals surface area contributed by atoms with Crippen molar-refractivity contribution in [1.29, 1.82) is 0 Å². The van der Waals surface area contributed by atoms with Crippen molar-refractivity contribution >= 4 is 11.6 Å². The molecule has 2 aromatic rings. The summed E-state index contributed by atoms with van der Waals surface area (Å²) in [5.41, 5.74) is 3.37. The molecule has 0 unspecified atom stereocenters. The molecule has 0 aromatic heterocycles. The van der Waals surface area contributed by atoms with E-state index in [0.717, 1.165) is 11.1 Å². The van der Waals surface area contributed by atoms with Crippen LogP contribution < -0.4 is 10.1 Å². The third-order valence-electron chi connectivity index (χ3n) is 3.77. The molecule has 0 heterocycles. The number of carbonyl (C=O) groups is 1. The molecule has 0 aliphatic carbocycles. The molecule has 2 rings (SSSR count). The molecule has 1 atom stereocenters. The van der Waals surface area contributed by atoms with Crippen molar-refractivity contribution in [2.45, 2.75) is 20.0 Å². The molecule has 0 spiro atoms. The summed E-state index contributed by atoms with van der Waals surface area (Å²) in [4.78, 5) is 14.3. The van der Waals surface area contributed by atoms with Gasteiger partial charge in [-0.1, -0.05) is 17.7 Å². The van der Waals surface area contributed by atoms with Gasteiger partial charge < -0.3 is 20.1 Å². The zero-order chi connectivity index (χ0) is 18.4. The summed E-state index contributed by atoms with van der Waals surface area (Å²) in [5.74, 6) is 0.527. The maximum absolute atomic E-state index is 12.4. The molecule has 0 fully saturated rings. The molecule has 0 aliphatic rings. The largest absolute Gasteiger partial charge is 0.491 e. The average molecular weight is 342 g/mol. The quantitative estimate of drug-likeness (QED) is 0.812. The van der Waals surface area contributed by atoms with Crippen molar-refractivity contribution in [1.82, 2.24) is 4.90 Å². The number of anilines is 1. The van der Waals surface area contributed by atoms with Crippen molar-refractivity contribution in [3.05, 3.63) is 59.2 Å². The molecule has 134 valence electrons. The number of benzene rings is 2. The Morgan fingerprint density at radius 2 is 1.84 bits per heavy atom. The Labute approximate surface area is 149 Å². The lowest BCUT2D eigenvalue weighted by atomic mass is 10.1. The minimum absolute atomic E-state index is 0.128. The number of carbonyl (C=O) groups excluding carboxylic acids is 1. The van der Waals surface area contributed by atoms with E-state index < -0.39 is 6.10 Å². The Balaban J connectivity index is 1.93. The number of likely N-dealkylation sites (N-methyl/N-ethyl adjacent to an activating group) is 1. The normalized spacial score (nSPS) is 12.1. The second-order valence-corrected chi connectivity index (χ2v) is 6.52. The summed E-state index contributed by atoms with van der Waals surface area (Å²) >= 11 is 0. The molecular formula is C20H26N2O3. The number of aliphatic hydroxyl groups excluding tert-OH is 1. The molecule has 2 N–H and O–H groups in total. The van der Waals surface area contributed by atoms with Crippen LogP contribution in [-0.4, -0.2) is 49.3 Å². The van der Waals surface area contributed by atoms with Gasteiger partial charge >= 0.3 is 0 Å². The zero-order valence-electron chi connectivity index (χ0n) is 15.2. The van der Waals surface area contributed by atoms with E-state index in [-0.39, 0.29) is 12.5 Å². The van der Waals surface area contributed by atoms with Gasteiger partial charge in [0.1, 0.15) is 18.5 Å².